The Hall–Kier alpha value is -2.68. The third-order valence-electron chi connectivity index (χ3n) is 5.58. The van der Waals surface area contributed by atoms with Crippen LogP contribution in [0.5, 0.6) is 0 Å². The number of aryl methyl sites for hydroxylation is 1. The van der Waals surface area contributed by atoms with E-state index in [4.69, 9.17) is 9.72 Å². The minimum Gasteiger partial charge on any atom is -0.378 e. The van der Waals surface area contributed by atoms with Gasteiger partial charge < -0.3 is 14.5 Å². The standard InChI is InChI=1S/C21H23F3N4O2/c1-14-17-6-8-27(19(29)15-2-4-16(5-3-15)21(22,23)24)9-7-18(17)26-20(25-14)28-10-12-30-13-11-28/h2-5H,6-13H2,1H3. The van der Waals surface area contributed by atoms with Gasteiger partial charge in [0.25, 0.3) is 5.91 Å². The first-order chi connectivity index (χ1) is 14.3. The third-order valence-corrected chi connectivity index (χ3v) is 5.58. The number of carbonyl (C=O) groups is 1. The van der Waals surface area contributed by atoms with Gasteiger partial charge in [-0.3, -0.25) is 4.79 Å². The molecule has 0 spiro atoms. The lowest BCUT2D eigenvalue weighted by molar-refractivity contribution is -0.137. The average Bonchev–Trinajstić information content (AvgIpc) is 2.96. The van der Waals surface area contributed by atoms with Crippen LogP contribution >= 0.6 is 0 Å². The molecule has 160 valence electrons. The molecule has 0 bridgehead atoms. The first-order valence-corrected chi connectivity index (χ1v) is 9.98. The lowest BCUT2D eigenvalue weighted by atomic mass is 10.1. The zero-order chi connectivity index (χ0) is 21.3. The molecule has 1 aromatic heterocycles. The Morgan fingerprint density at radius 1 is 1.00 bits per heavy atom. The zero-order valence-electron chi connectivity index (χ0n) is 16.7. The van der Waals surface area contributed by atoms with Gasteiger partial charge in [0.05, 0.1) is 24.5 Å². The van der Waals surface area contributed by atoms with Gasteiger partial charge in [-0.1, -0.05) is 0 Å². The van der Waals surface area contributed by atoms with E-state index in [2.05, 4.69) is 9.88 Å². The Labute approximate surface area is 172 Å². The van der Waals surface area contributed by atoms with Gasteiger partial charge in [-0.25, -0.2) is 9.97 Å². The van der Waals surface area contributed by atoms with Gasteiger partial charge in [0.15, 0.2) is 0 Å². The molecule has 0 aliphatic carbocycles. The SMILES string of the molecule is Cc1nc(N2CCOCC2)nc2c1CCN(C(=O)c1ccc(C(F)(F)F)cc1)CC2. The van der Waals surface area contributed by atoms with Gasteiger partial charge in [0.1, 0.15) is 0 Å². The molecule has 0 N–H and O–H groups in total. The van der Waals surface area contributed by atoms with Gasteiger partial charge in [-0.05, 0) is 43.2 Å². The molecular weight excluding hydrogens is 397 g/mol. The molecule has 1 amide bonds. The Morgan fingerprint density at radius 3 is 2.33 bits per heavy atom. The number of hydrogen-bond acceptors (Lipinski definition) is 5. The zero-order valence-corrected chi connectivity index (χ0v) is 16.7. The maximum atomic E-state index is 12.9. The van der Waals surface area contributed by atoms with E-state index in [-0.39, 0.29) is 11.5 Å². The number of fused-ring (bicyclic) bond motifs is 1. The van der Waals surface area contributed by atoms with Crippen LogP contribution in [0.1, 0.15) is 32.9 Å². The summed E-state index contributed by atoms with van der Waals surface area (Å²) in [7, 11) is 0. The molecule has 0 radical (unpaired) electrons. The molecule has 4 rings (SSSR count). The van der Waals surface area contributed by atoms with Crippen molar-refractivity contribution in [2.24, 2.45) is 0 Å². The van der Waals surface area contributed by atoms with Crippen molar-refractivity contribution in [1.29, 1.82) is 0 Å². The Kier molecular flexibility index (Phi) is 5.64. The number of amides is 1. The summed E-state index contributed by atoms with van der Waals surface area (Å²) >= 11 is 0. The Morgan fingerprint density at radius 2 is 1.67 bits per heavy atom. The number of morpholine rings is 1. The summed E-state index contributed by atoms with van der Waals surface area (Å²) in [6, 6.07) is 4.38. The molecule has 1 aromatic carbocycles. The summed E-state index contributed by atoms with van der Waals surface area (Å²) in [6.07, 6.45) is -3.21. The Balaban J connectivity index is 1.49. The highest BCUT2D eigenvalue weighted by molar-refractivity contribution is 5.94. The maximum Gasteiger partial charge on any atom is 0.416 e. The molecule has 2 aromatic rings. The summed E-state index contributed by atoms with van der Waals surface area (Å²) in [5.41, 5.74) is 2.39. The van der Waals surface area contributed by atoms with Crippen LogP contribution in [0, 0.1) is 6.92 Å². The minimum absolute atomic E-state index is 0.255. The highest BCUT2D eigenvalue weighted by Gasteiger charge is 2.31. The fourth-order valence-corrected chi connectivity index (χ4v) is 3.86. The van der Waals surface area contributed by atoms with E-state index in [9.17, 15) is 18.0 Å². The number of aromatic nitrogens is 2. The van der Waals surface area contributed by atoms with E-state index in [0.717, 1.165) is 42.2 Å². The number of anilines is 1. The summed E-state index contributed by atoms with van der Waals surface area (Å²) in [5.74, 6) is 0.424. The lowest BCUT2D eigenvalue weighted by Crippen LogP contribution is -2.37. The number of nitrogens with zero attached hydrogens (tertiary/aromatic N) is 4. The number of rotatable bonds is 2. The molecule has 3 heterocycles. The molecule has 0 saturated carbocycles. The van der Waals surface area contributed by atoms with Crippen LogP contribution in [0.2, 0.25) is 0 Å². The molecule has 1 fully saturated rings. The van der Waals surface area contributed by atoms with Crippen LogP contribution in [0.4, 0.5) is 19.1 Å². The predicted octanol–water partition coefficient (Wildman–Crippen LogP) is 2.88. The quantitative estimate of drug-likeness (QED) is 0.748. The second-order valence-electron chi connectivity index (χ2n) is 7.50. The molecule has 0 atom stereocenters. The number of carbonyl (C=O) groups excluding carboxylic acids is 1. The molecular formula is C21H23F3N4O2. The summed E-state index contributed by atoms with van der Waals surface area (Å²) in [4.78, 5) is 26.1. The number of hydrogen-bond donors (Lipinski definition) is 0. The minimum atomic E-state index is -4.42. The van der Waals surface area contributed by atoms with Crippen molar-refractivity contribution in [2.45, 2.75) is 25.9 Å². The van der Waals surface area contributed by atoms with Crippen molar-refractivity contribution < 1.29 is 22.7 Å². The molecule has 6 nitrogen and oxygen atoms in total. The monoisotopic (exact) mass is 420 g/mol. The van der Waals surface area contributed by atoms with Crippen LogP contribution in [0.3, 0.4) is 0 Å². The van der Waals surface area contributed by atoms with Crippen molar-refractivity contribution in [3.05, 3.63) is 52.3 Å². The highest BCUT2D eigenvalue weighted by Crippen LogP contribution is 2.29. The van der Waals surface area contributed by atoms with Crippen molar-refractivity contribution >= 4 is 11.9 Å². The summed E-state index contributed by atoms with van der Waals surface area (Å²) < 4.78 is 43.7. The summed E-state index contributed by atoms with van der Waals surface area (Å²) in [6.45, 7) is 5.69. The van der Waals surface area contributed by atoms with Crippen LogP contribution in [0.15, 0.2) is 24.3 Å². The number of ether oxygens (including phenoxy) is 1. The smallest absolute Gasteiger partial charge is 0.378 e. The molecule has 2 aliphatic rings. The van der Waals surface area contributed by atoms with E-state index in [1.165, 1.54) is 12.1 Å². The van der Waals surface area contributed by atoms with E-state index in [0.29, 0.717) is 45.1 Å². The van der Waals surface area contributed by atoms with Crippen molar-refractivity contribution in [2.75, 3.05) is 44.3 Å². The van der Waals surface area contributed by atoms with Crippen molar-refractivity contribution in [1.82, 2.24) is 14.9 Å². The lowest BCUT2D eigenvalue weighted by Gasteiger charge is -2.27. The van der Waals surface area contributed by atoms with Gasteiger partial charge in [0, 0.05) is 43.9 Å². The molecule has 0 unspecified atom stereocenters. The first-order valence-electron chi connectivity index (χ1n) is 9.98. The first kappa shape index (κ1) is 20.6. The van der Waals surface area contributed by atoms with Crippen LogP contribution in [-0.2, 0) is 23.8 Å². The van der Waals surface area contributed by atoms with Gasteiger partial charge in [-0.2, -0.15) is 13.2 Å². The molecule has 1 saturated heterocycles. The van der Waals surface area contributed by atoms with Crippen LogP contribution < -0.4 is 4.90 Å². The van der Waals surface area contributed by atoms with Crippen molar-refractivity contribution in [3.63, 3.8) is 0 Å². The van der Waals surface area contributed by atoms with Crippen LogP contribution in [-0.4, -0.2) is 60.2 Å². The fourth-order valence-electron chi connectivity index (χ4n) is 3.86. The number of benzene rings is 1. The van der Waals surface area contributed by atoms with E-state index >= 15 is 0 Å². The second-order valence-corrected chi connectivity index (χ2v) is 7.50. The predicted molar refractivity (Wildman–Crippen MR) is 105 cm³/mol. The van der Waals surface area contributed by atoms with Crippen LogP contribution in [0.25, 0.3) is 0 Å². The molecule has 2 aliphatic heterocycles. The number of halogens is 3. The van der Waals surface area contributed by atoms with Gasteiger partial charge >= 0.3 is 6.18 Å². The van der Waals surface area contributed by atoms with Crippen molar-refractivity contribution in [3.8, 4) is 0 Å². The van der Waals surface area contributed by atoms with Gasteiger partial charge in [-0.15, -0.1) is 0 Å². The third kappa shape index (κ3) is 4.26. The second kappa shape index (κ2) is 8.22. The molecule has 30 heavy (non-hydrogen) atoms. The highest BCUT2D eigenvalue weighted by atomic mass is 19.4. The number of alkyl halides is 3. The van der Waals surface area contributed by atoms with E-state index < -0.39 is 11.7 Å². The Bertz CT molecular complexity index is 925. The summed E-state index contributed by atoms with van der Waals surface area (Å²) in [5, 5.41) is 0. The normalized spacial score (nSPS) is 17.5. The maximum absolute atomic E-state index is 12.9. The van der Waals surface area contributed by atoms with Gasteiger partial charge in [0.2, 0.25) is 5.95 Å². The van der Waals surface area contributed by atoms with E-state index in [1.54, 1.807) is 4.90 Å². The average molecular weight is 420 g/mol. The molecule has 9 heteroatoms. The largest absolute Gasteiger partial charge is 0.416 e. The topological polar surface area (TPSA) is 58.6 Å². The fraction of sp³-hybridized carbons (Fsp3) is 0.476. The van der Waals surface area contributed by atoms with E-state index in [1.807, 2.05) is 6.92 Å².